The molecule has 0 aliphatic carbocycles. The van der Waals surface area contributed by atoms with E-state index in [0.29, 0.717) is 0 Å². The smallest absolute Gasteiger partial charge is 0.450 e. The van der Waals surface area contributed by atoms with Gasteiger partial charge in [0.05, 0.1) is 0 Å². The maximum atomic E-state index is 10.9. The Hall–Kier alpha value is -1.59. The van der Waals surface area contributed by atoms with Crippen molar-refractivity contribution in [1.29, 1.82) is 0 Å². The second-order valence-corrected chi connectivity index (χ2v) is 1.53. The lowest BCUT2D eigenvalue weighted by molar-refractivity contribution is -0.0821. The SMILES string of the molecule is FC(F)(F)C#CC(F)(F)F.O=C(O)O. The van der Waals surface area contributed by atoms with E-state index in [-0.39, 0.29) is 11.8 Å². The quantitative estimate of drug-likeness (QED) is 0.490. The van der Waals surface area contributed by atoms with E-state index in [4.69, 9.17) is 15.0 Å². The average Bonchev–Trinajstić information content (AvgIpc) is 1.79. The van der Waals surface area contributed by atoms with Crippen molar-refractivity contribution in [2.45, 2.75) is 12.4 Å². The Bertz CT molecular complexity index is 219. The summed E-state index contributed by atoms with van der Waals surface area (Å²) >= 11 is 0. The Labute approximate surface area is 72.9 Å². The molecule has 0 fully saturated rings. The lowest BCUT2D eigenvalue weighted by Gasteiger charge is -1.94. The van der Waals surface area contributed by atoms with Gasteiger partial charge in [-0.1, -0.05) is 0 Å². The molecule has 0 aliphatic rings. The topological polar surface area (TPSA) is 57.5 Å². The van der Waals surface area contributed by atoms with Crippen molar-refractivity contribution in [3.8, 4) is 11.8 Å². The van der Waals surface area contributed by atoms with Crippen LogP contribution in [-0.2, 0) is 0 Å². The summed E-state index contributed by atoms with van der Waals surface area (Å²) in [5.41, 5.74) is 0. The molecule has 0 aliphatic heterocycles. The largest absolute Gasteiger partial charge is 0.503 e. The Kier molecular flexibility index (Phi) is 5.54. The predicted molar refractivity (Wildman–Crippen MR) is 30.5 cm³/mol. The molecule has 0 bridgehead atoms. The van der Waals surface area contributed by atoms with Crippen LogP contribution in [-0.4, -0.2) is 28.7 Å². The van der Waals surface area contributed by atoms with Crippen molar-refractivity contribution in [2.24, 2.45) is 0 Å². The molecule has 82 valence electrons. The monoisotopic (exact) mass is 224 g/mol. The van der Waals surface area contributed by atoms with Gasteiger partial charge in [-0.05, 0) is 0 Å². The first-order chi connectivity index (χ1) is 5.94. The lowest BCUT2D eigenvalue weighted by Crippen LogP contribution is -2.07. The highest BCUT2D eigenvalue weighted by atomic mass is 19.4. The minimum atomic E-state index is -5.07. The molecule has 0 aromatic rings. The second-order valence-electron chi connectivity index (χ2n) is 1.53. The van der Waals surface area contributed by atoms with Crippen LogP contribution in [0, 0.1) is 11.8 Å². The van der Waals surface area contributed by atoms with Gasteiger partial charge in [0.1, 0.15) is 0 Å². The first kappa shape index (κ1) is 14.9. The number of carboxylic acid groups (broad SMARTS) is 2. The fourth-order valence-electron chi connectivity index (χ4n) is 0.142. The van der Waals surface area contributed by atoms with E-state index in [1.54, 1.807) is 0 Å². The van der Waals surface area contributed by atoms with Crippen molar-refractivity contribution in [2.75, 3.05) is 0 Å². The standard InChI is InChI=1S/C4F6.CH2O3/c5-3(6,7)1-2-4(8,9)10;2-1(3)4/h;(H2,2,3,4). The van der Waals surface area contributed by atoms with Gasteiger partial charge in [-0.25, -0.2) is 4.79 Å². The molecule has 3 nitrogen and oxygen atoms in total. The molecule has 0 aromatic heterocycles. The third-order valence-electron chi connectivity index (χ3n) is 0.346. The van der Waals surface area contributed by atoms with E-state index in [1.807, 2.05) is 0 Å². The van der Waals surface area contributed by atoms with Gasteiger partial charge in [0.2, 0.25) is 0 Å². The van der Waals surface area contributed by atoms with Gasteiger partial charge in [-0.2, -0.15) is 26.3 Å². The summed E-state index contributed by atoms with van der Waals surface area (Å²) in [6, 6.07) is 0. The molecule has 0 rings (SSSR count). The molecule has 0 saturated carbocycles. The third-order valence-corrected chi connectivity index (χ3v) is 0.346. The zero-order valence-electron chi connectivity index (χ0n) is 6.07. The van der Waals surface area contributed by atoms with Crippen molar-refractivity contribution < 1.29 is 41.4 Å². The molecule has 0 heterocycles. The maximum absolute atomic E-state index is 10.9. The van der Waals surface area contributed by atoms with Crippen LogP contribution in [0.2, 0.25) is 0 Å². The van der Waals surface area contributed by atoms with Gasteiger partial charge in [-0.3, -0.25) is 0 Å². The van der Waals surface area contributed by atoms with Crippen LogP contribution < -0.4 is 0 Å². The van der Waals surface area contributed by atoms with Crippen molar-refractivity contribution in [3.05, 3.63) is 0 Å². The number of hydrogen-bond donors (Lipinski definition) is 2. The molecule has 14 heavy (non-hydrogen) atoms. The van der Waals surface area contributed by atoms with E-state index >= 15 is 0 Å². The number of alkyl halides is 6. The third kappa shape index (κ3) is 31.5. The van der Waals surface area contributed by atoms with Gasteiger partial charge in [0.15, 0.2) is 0 Å². The Morgan fingerprint density at radius 1 is 0.857 bits per heavy atom. The van der Waals surface area contributed by atoms with Crippen LogP contribution >= 0.6 is 0 Å². The normalized spacial score (nSPS) is 10.4. The van der Waals surface area contributed by atoms with Gasteiger partial charge >= 0.3 is 18.5 Å². The van der Waals surface area contributed by atoms with Gasteiger partial charge < -0.3 is 10.2 Å². The molecule has 0 atom stereocenters. The summed E-state index contributed by atoms with van der Waals surface area (Å²) in [6.07, 6.45) is -12.0. The van der Waals surface area contributed by atoms with Gasteiger partial charge in [-0.15, -0.1) is 0 Å². The Morgan fingerprint density at radius 2 is 1.00 bits per heavy atom. The summed E-state index contributed by atoms with van der Waals surface area (Å²) in [7, 11) is 0. The minimum Gasteiger partial charge on any atom is -0.450 e. The summed E-state index contributed by atoms with van der Waals surface area (Å²) in [5.74, 6) is 0.174. The van der Waals surface area contributed by atoms with Crippen LogP contribution in [0.5, 0.6) is 0 Å². The van der Waals surface area contributed by atoms with Gasteiger partial charge in [0.25, 0.3) is 0 Å². The van der Waals surface area contributed by atoms with Gasteiger partial charge in [0, 0.05) is 11.8 Å². The molecule has 0 radical (unpaired) electrons. The molecule has 0 aromatic carbocycles. The Morgan fingerprint density at radius 3 is 1.07 bits per heavy atom. The fraction of sp³-hybridized carbons (Fsp3) is 0.400. The number of carbonyl (C=O) groups is 1. The van der Waals surface area contributed by atoms with Crippen LogP contribution in [0.3, 0.4) is 0 Å². The number of rotatable bonds is 0. The average molecular weight is 224 g/mol. The van der Waals surface area contributed by atoms with Crippen LogP contribution in [0.15, 0.2) is 0 Å². The van der Waals surface area contributed by atoms with Crippen LogP contribution in [0.1, 0.15) is 0 Å². The van der Waals surface area contributed by atoms with E-state index < -0.39 is 18.5 Å². The zero-order chi connectivity index (χ0) is 12.0. The molecular weight excluding hydrogens is 222 g/mol. The molecule has 9 heteroatoms. The first-order valence-electron chi connectivity index (χ1n) is 2.54. The molecule has 0 amide bonds. The molecule has 2 N–H and O–H groups in total. The number of halogens is 6. The highest BCUT2D eigenvalue weighted by molar-refractivity contribution is 5.53. The predicted octanol–water partition coefficient (Wildman–Crippen LogP) is 2.34. The lowest BCUT2D eigenvalue weighted by atomic mass is 10.5. The molecule has 0 saturated heterocycles. The molecule has 0 spiro atoms. The maximum Gasteiger partial charge on any atom is 0.503 e. The second kappa shape index (κ2) is 5.21. The zero-order valence-corrected chi connectivity index (χ0v) is 6.07. The van der Waals surface area contributed by atoms with Crippen LogP contribution in [0.25, 0.3) is 0 Å². The van der Waals surface area contributed by atoms with E-state index in [0.717, 1.165) is 0 Å². The van der Waals surface area contributed by atoms with Crippen molar-refractivity contribution in [3.63, 3.8) is 0 Å². The highest BCUT2D eigenvalue weighted by Gasteiger charge is 2.29. The van der Waals surface area contributed by atoms with E-state index in [1.165, 1.54) is 0 Å². The highest BCUT2D eigenvalue weighted by Crippen LogP contribution is 2.16. The van der Waals surface area contributed by atoms with Crippen molar-refractivity contribution >= 4 is 6.16 Å². The Balaban J connectivity index is 0. The van der Waals surface area contributed by atoms with Crippen molar-refractivity contribution in [1.82, 2.24) is 0 Å². The van der Waals surface area contributed by atoms with E-state index in [2.05, 4.69) is 0 Å². The summed E-state index contributed by atoms with van der Waals surface area (Å²) in [6.45, 7) is 0. The summed E-state index contributed by atoms with van der Waals surface area (Å²) < 4.78 is 65.5. The molecular formula is C5H2F6O3. The minimum absolute atomic E-state index is 0.0868. The molecule has 0 unspecified atom stereocenters. The summed E-state index contributed by atoms with van der Waals surface area (Å²) in [4.78, 5) is 8.56. The van der Waals surface area contributed by atoms with E-state index in [9.17, 15) is 26.3 Å². The fourth-order valence-corrected chi connectivity index (χ4v) is 0.142. The van der Waals surface area contributed by atoms with Crippen LogP contribution in [0.4, 0.5) is 31.1 Å². The number of hydrogen-bond acceptors (Lipinski definition) is 1. The first-order valence-corrected chi connectivity index (χ1v) is 2.54. The summed E-state index contributed by atoms with van der Waals surface area (Å²) in [5, 5.41) is 13.9.